The maximum absolute atomic E-state index is 11.9. The Kier molecular flexibility index (Phi) is 4.79. The van der Waals surface area contributed by atoms with Crippen molar-refractivity contribution in [2.45, 2.75) is 6.92 Å². The first-order chi connectivity index (χ1) is 9.95. The van der Waals surface area contributed by atoms with Gasteiger partial charge in [0.05, 0.1) is 5.56 Å². The normalized spacial score (nSPS) is 10.0. The van der Waals surface area contributed by atoms with Crippen LogP contribution >= 0.6 is 22.6 Å². The summed E-state index contributed by atoms with van der Waals surface area (Å²) in [5, 5.41) is 14.3. The average Bonchev–Trinajstić information content (AvgIpc) is 2.40. The molecule has 2 aromatic carbocycles. The van der Waals surface area contributed by atoms with Crippen molar-refractivity contribution in [3.05, 3.63) is 57.2 Å². The first-order valence-electron chi connectivity index (χ1n) is 6.13. The summed E-state index contributed by atoms with van der Waals surface area (Å²) in [4.78, 5) is 22.8. The standard InChI is InChI=1S/C15H13IN2O3/c1-9-7-10(14(19)20)5-6-13(9)18-15(21)17-12-4-2-3-11(16)8-12/h2-8H,1H3,(H,19,20)(H2,17,18,21). The third-order valence-corrected chi connectivity index (χ3v) is 3.48. The monoisotopic (exact) mass is 396 g/mol. The number of hydrogen-bond donors (Lipinski definition) is 3. The van der Waals surface area contributed by atoms with E-state index in [1.54, 1.807) is 19.1 Å². The van der Waals surface area contributed by atoms with Crippen LogP contribution < -0.4 is 10.6 Å². The van der Waals surface area contributed by atoms with E-state index in [1.807, 2.05) is 18.2 Å². The van der Waals surface area contributed by atoms with Gasteiger partial charge >= 0.3 is 12.0 Å². The van der Waals surface area contributed by atoms with Gasteiger partial charge in [-0.1, -0.05) is 6.07 Å². The fourth-order valence-corrected chi connectivity index (χ4v) is 2.33. The molecule has 0 bridgehead atoms. The molecule has 0 spiro atoms. The molecule has 2 rings (SSSR count). The number of benzene rings is 2. The topological polar surface area (TPSA) is 78.4 Å². The van der Waals surface area contributed by atoms with Crippen LogP contribution in [0.2, 0.25) is 0 Å². The molecule has 0 saturated heterocycles. The highest BCUT2D eigenvalue weighted by Crippen LogP contribution is 2.18. The minimum atomic E-state index is -0.993. The molecule has 0 unspecified atom stereocenters. The van der Waals surface area contributed by atoms with E-state index in [0.717, 1.165) is 3.57 Å². The second-order valence-corrected chi connectivity index (χ2v) is 5.67. The van der Waals surface area contributed by atoms with Crippen LogP contribution in [0.1, 0.15) is 15.9 Å². The molecule has 2 aromatic rings. The highest BCUT2D eigenvalue weighted by Gasteiger charge is 2.08. The number of nitrogens with one attached hydrogen (secondary N) is 2. The first-order valence-corrected chi connectivity index (χ1v) is 7.21. The maximum atomic E-state index is 11.9. The third kappa shape index (κ3) is 4.19. The summed E-state index contributed by atoms with van der Waals surface area (Å²) in [5.41, 5.74) is 2.14. The molecule has 0 heterocycles. The Labute approximate surface area is 135 Å². The van der Waals surface area contributed by atoms with Gasteiger partial charge in [-0.25, -0.2) is 9.59 Å². The number of carboxylic acid groups (broad SMARTS) is 1. The number of rotatable bonds is 3. The maximum Gasteiger partial charge on any atom is 0.335 e. The van der Waals surface area contributed by atoms with Crippen LogP contribution in [0, 0.1) is 10.5 Å². The number of hydrogen-bond acceptors (Lipinski definition) is 2. The number of anilines is 2. The van der Waals surface area contributed by atoms with Crippen molar-refractivity contribution >= 4 is 46.0 Å². The molecule has 0 aliphatic carbocycles. The lowest BCUT2D eigenvalue weighted by molar-refractivity contribution is 0.0697. The summed E-state index contributed by atoms with van der Waals surface area (Å²) in [6, 6.07) is 11.6. The van der Waals surface area contributed by atoms with Crippen molar-refractivity contribution < 1.29 is 14.7 Å². The smallest absolute Gasteiger partial charge is 0.335 e. The number of carbonyl (C=O) groups excluding carboxylic acids is 1. The minimum Gasteiger partial charge on any atom is -0.478 e. The van der Waals surface area contributed by atoms with Gasteiger partial charge in [-0.15, -0.1) is 0 Å². The molecular weight excluding hydrogens is 383 g/mol. The van der Waals surface area contributed by atoms with Crippen LogP contribution in [-0.2, 0) is 0 Å². The molecule has 0 aliphatic rings. The van der Waals surface area contributed by atoms with E-state index >= 15 is 0 Å². The Morgan fingerprint density at radius 1 is 1.10 bits per heavy atom. The summed E-state index contributed by atoms with van der Waals surface area (Å²) >= 11 is 2.16. The summed E-state index contributed by atoms with van der Waals surface area (Å²) in [6.45, 7) is 1.74. The van der Waals surface area contributed by atoms with E-state index in [9.17, 15) is 9.59 Å². The van der Waals surface area contributed by atoms with Crippen molar-refractivity contribution in [1.82, 2.24) is 0 Å². The number of carboxylic acids is 1. The summed E-state index contributed by atoms with van der Waals surface area (Å²) in [5.74, 6) is -0.993. The first kappa shape index (κ1) is 15.3. The number of aromatic carboxylic acids is 1. The predicted molar refractivity (Wildman–Crippen MR) is 89.9 cm³/mol. The molecule has 0 atom stereocenters. The Hall–Kier alpha value is -2.09. The molecule has 21 heavy (non-hydrogen) atoms. The van der Waals surface area contributed by atoms with Crippen molar-refractivity contribution in [2.75, 3.05) is 10.6 Å². The van der Waals surface area contributed by atoms with E-state index in [0.29, 0.717) is 16.9 Å². The van der Waals surface area contributed by atoms with Crippen molar-refractivity contribution in [1.29, 1.82) is 0 Å². The second kappa shape index (κ2) is 6.57. The Morgan fingerprint density at radius 2 is 1.86 bits per heavy atom. The molecule has 2 amide bonds. The Bertz CT molecular complexity index is 701. The van der Waals surface area contributed by atoms with E-state index in [1.165, 1.54) is 12.1 Å². The Morgan fingerprint density at radius 3 is 2.48 bits per heavy atom. The lowest BCUT2D eigenvalue weighted by atomic mass is 10.1. The fraction of sp³-hybridized carbons (Fsp3) is 0.0667. The zero-order valence-electron chi connectivity index (χ0n) is 11.2. The quantitative estimate of drug-likeness (QED) is 0.688. The van der Waals surface area contributed by atoms with E-state index in [4.69, 9.17) is 5.11 Å². The van der Waals surface area contributed by atoms with E-state index in [-0.39, 0.29) is 11.6 Å². The SMILES string of the molecule is Cc1cc(C(=O)O)ccc1NC(=O)Nc1cccc(I)c1. The molecule has 0 aliphatic heterocycles. The van der Waals surface area contributed by atoms with Gasteiger partial charge in [-0.3, -0.25) is 0 Å². The molecule has 0 fully saturated rings. The number of amides is 2. The molecule has 0 radical (unpaired) electrons. The highest BCUT2D eigenvalue weighted by atomic mass is 127. The number of urea groups is 1. The lowest BCUT2D eigenvalue weighted by Gasteiger charge is -2.10. The van der Waals surface area contributed by atoms with Gasteiger partial charge in [0.25, 0.3) is 0 Å². The van der Waals surface area contributed by atoms with Gasteiger partial charge < -0.3 is 15.7 Å². The summed E-state index contributed by atoms with van der Waals surface area (Å²) < 4.78 is 1.02. The van der Waals surface area contributed by atoms with Gasteiger partial charge in [0.15, 0.2) is 0 Å². The third-order valence-electron chi connectivity index (χ3n) is 2.80. The van der Waals surface area contributed by atoms with Gasteiger partial charge in [0.1, 0.15) is 0 Å². The minimum absolute atomic E-state index is 0.191. The van der Waals surface area contributed by atoms with Crippen LogP contribution in [0.4, 0.5) is 16.2 Å². The van der Waals surface area contributed by atoms with Crippen molar-refractivity contribution in [2.24, 2.45) is 0 Å². The number of carbonyl (C=O) groups is 2. The average molecular weight is 396 g/mol. The molecular formula is C15H13IN2O3. The number of halogens is 1. The van der Waals surface area contributed by atoms with Gasteiger partial charge in [-0.2, -0.15) is 0 Å². The molecule has 3 N–H and O–H groups in total. The second-order valence-electron chi connectivity index (χ2n) is 4.42. The number of aryl methyl sites for hydroxylation is 1. The molecule has 5 nitrogen and oxygen atoms in total. The zero-order valence-corrected chi connectivity index (χ0v) is 13.3. The molecule has 0 saturated carbocycles. The van der Waals surface area contributed by atoms with E-state index in [2.05, 4.69) is 33.2 Å². The van der Waals surface area contributed by atoms with Crippen LogP contribution in [0.3, 0.4) is 0 Å². The highest BCUT2D eigenvalue weighted by molar-refractivity contribution is 14.1. The molecule has 6 heteroatoms. The lowest BCUT2D eigenvalue weighted by Crippen LogP contribution is -2.20. The van der Waals surface area contributed by atoms with Gasteiger partial charge in [0.2, 0.25) is 0 Å². The largest absolute Gasteiger partial charge is 0.478 e. The summed E-state index contributed by atoms with van der Waals surface area (Å²) in [7, 11) is 0. The Balaban J connectivity index is 2.08. The van der Waals surface area contributed by atoms with Crippen LogP contribution in [0.5, 0.6) is 0 Å². The van der Waals surface area contributed by atoms with Gasteiger partial charge in [-0.05, 0) is 71.5 Å². The van der Waals surface area contributed by atoms with E-state index < -0.39 is 5.97 Å². The zero-order chi connectivity index (χ0) is 15.4. The van der Waals surface area contributed by atoms with Crippen LogP contribution in [-0.4, -0.2) is 17.1 Å². The van der Waals surface area contributed by atoms with Crippen molar-refractivity contribution in [3.63, 3.8) is 0 Å². The summed E-state index contributed by atoms with van der Waals surface area (Å²) in [6.07, 6.45) is 0. The fourth-order valence-electron chi connectivity index (χ4n) is 1.79. The van der Waals surface area contributed by atoms with Gasteiger partial charge in [0, 0.05) is 14.9 Å². The molecule has 108 valence electrons. The van der Waals surface area contributed by atoms with Crippen LogP contribution in [0.25, 0.3) is 0 Å². The van der Waals surface area contributed by atoms with Crippen molar-refractivity contribution in [3.8, 4) is 0 Å². The molecule has 0 aromatic heterocycles. The van der Waals surface area contributed by atoms with Crippen LogP contribution in [0.15, 0.2) is 42.5 Å². The predicted octanol–water partition coefficient (Wildman–Crippen LogP) is 3.94.